The third-order valence-corrected chi connectivity index (χ3v) is 8.58. The second-order valence-corrected chi connectivity index (χ2v) is 11.8. The van der Waals surface area contributed by atoms with Gasteiger partial charge in [0.05, 0.1) is 37.5 Å². The number of hydrogen-bond donors (Lipinski definition) is 3. The summed E-state index contributed by atoms with van der Waals surface area (Å²) in [4.78, 5) is 27.1. The number of ether oxygens (including phenoxy) is 2. The zero-order valence-corrected chi connectivity index (χ0v) is 25.3. The van der Waals surface area contributed by atoms with Crippen molar-refractivity contribution in [3.63, 3.8) is 0 Å². The minimum atomic E-state index is -0.323. The lowest BCUT2D eigenvalue weighted by molar-refractivity contribution is -0.124. The Balaban J connectivity index is 1.12. The molecule has 2 saturated carbocycles. The van der Waals surface area contributed by atoms with E-state index in [2.05, 4.69) is 36.4 Å². The summed E-state index contributed by atoms with van der Waals surface area (Å²) in [6.07, 6.45) is 7.31. The van der Waals surface area contributed by atoms with Gasteiger partial charge in [-0.25, -0.2) is 9.78 Å². The quantitative estimate of drug-likeness (QED) is 0.218. The van der Waals surface area contributed by atoms with Crippen LogP contribution < -0.4 is 10.6 Å². The van der Waals surface area contributed by atoms with E-state index in [-0.39, 0.29) is 48.3 Å². The molecular formula is C33H40N8O4. The van der Waals surface area contributed by atoms with Crippen molar-refractivity contribution < 1.29 is 19.1 Å². The molecule has 2 aliphatic rings. The number of tetrazole rings is 1. The van der Waals surface area contributed by atoms with E-state index >= 15 is 0 Å². The summed E-state index contributed by atoms with van der Waals surface area (Å²) in [7, 11) is 0. The van der Waals surface area contributed by atoms with E-state index < -0.39 is 0 Å². The van der Waals surface area contributed by atoms with Gasteiger partial charge in [0, 0.05) is 6.07 Å². The number of carbonyl (C=O) groups excluding carboxylic acids is 2. The van der Waals surface area contributed by atoms with Crippen LogP contribution in [0.5, 0.6) is 0 Å². The largest absolute Gasteiger partial charge is 0.371 e. The molecule has 12 nitrogen and oxygen atoms in total. The van der Waals surface area contributed by atoms with Crippen LogP contribution in [0, 0.1) is 0 Å². The first-order valence-corrected chi connectivity index (χ1v) is 15.9. The number of hydrogen-bond acceptors (Lipinski definition) is 8. The van der Waals surface area contributed by atoms with E-state index in [0.29, 0.717) is 24.7 Å². The maximum absolute atomic E-state index is 13.7. The third kappa shape index (κ3) is 8.20. The zero-order valence-electron chi connectivity index (χ0n) is 25.3. The van der Waals surface area contributed by atoms with Crippen molar-refractivity contribution in [1.29, 1.82) is 0 Å². The number of aromatic nitrogens is 6. The van der Waals surface area contributed by atoms with Crippen LogP contribution in [0.2, 0.25) is 0 Å². The second kappa shape index (κ2) is 15.0. The molecule has 2 aromatic heterocycles. The van der Waals surface area contributed by atoms with E-state index in [0.717, 1.165) is 62.5 Å². The molecule has 4 aromatic rings. The smallest absolute Gasteiger partial charge is 0.269 e. The van der Waals surface area contributed by atoms with Gasteiger partial charge >= 0.3 is 0 Å². The van der Waals surface area contributed by atoms with E-state index in [1.165, 1.54) is 4.68 Å². The molecule has 2 heterocycles. The first-order valence-electron chi connectivity index (χ1n) is 15.9. The molecule has 2 aliphatic carbocycles. The number of rotatable bonds is 12. The number of aromatic amines is 1. The van der Waals surface area contributed by atoms with Gasteiger partial charge < -0.3 is 20.1 Å². The Morgan fingerprint density at radius 3 is 1.96 bits per heavy atom. The predicted octanol–water partition coefficient (Wildman–Crippen LogP) is 3.97. The highest BCUT2D eigenvalue weighted by Gasteiger charge is 2.31. The molecule has 0 spiro atoms. The Hall–Kier alpha value is -4.42. The van der Waals surface area contributed by atoms with Gasteiger partial charge in [-0.3, -0.25) is 9.59 Å². The van der Waals surface area contributed by atoms with Crippen LogP contribution >= 0.6 is 0 Å². The van der Waals surface area contributed by atoms with E-state index in [4.69, 9.17) is 9.47 Å². The zero-order chi connectivity index (χ0) is 30.8. The first kappa shape index (κ1) is 30.6. The Kier molecular flexibility index (Phi) is 10.2. The van der Waals surface area contributed by atoms with Crippen molar-refractivity contribution in [2.45, 2.75) is 95.4 Å². The lowest BCUT2D eigenvalue weighted by Crippen LogP contribution is -2.48. The Morgan fingerprint density at radius 2 is 1.38 bits per heavy atom. The van der Waals surface area contributed by atoms with Gasteiger partial charge in [0.15, 0.2) is 5.82 Å². The molecule has 2 aromatic carbocycles. The summed E-state index contributed by atoms with van der Waals surface area (Å²) in [6, 6.07) is 21.4. The molecular weight excluding hydrogens is 572 g/mol. The van der Waals surface area contributed by atoms with E-state index in [9.17, 15) is 9.59 Å². The number of carbonyl (C=O) groups is 2. The minimum Gasteiger partial charge on any atom is -0.371 e. The molecule has 45 heavy (non-hydrogen) atoms. The van der Waals surface area contributed by atoms with Gasteiger partial charge in [-0.15, -0.1) is 5.10 Å². The summed E-state index contributed by atoms with van der Waals surface area (Å²) in [5, 5.41) is 24.8. The topological polar surface area (TPSA) is 149 Å². The summed E-state index contributed by atoms with van der Waals surface area (Å²) in [6.45, 7) is 0.841. The number of H-pyrrole nitrogens is 1. The van der Waals surface area contributed by atoms with Crippen molar-refractivity contribution in [3.05, 3.63) is 83.6 Å². The summed E-state index contributed by atoms with van der Waals surface area (Å²) >= 11 is 0. The lowest BCUT2D eigenvalue weighted by atomic mass is 9.92. The van der Waals surface area contributed by atoms with E-state index in [1.54, 1.807) is 6.07 Å². The van der Waals surface area contributed by atoms with Crippen molar-refractivity contribution in [2.24, 2.45) is 0 Å². The highest BCUT2D eigenvalue weighted by atomic mass is 16.5. The first-order chi connectivity index (χ1) is 22.1. The van der Waals surface area contributed by atoms with Crippen molar-refractivity contribution >= 4 is 11.8 Å². The average Bonchev–Trinajstić information content (AvgIpc) is 3.76. The van der Waals surface area contributed by atoms with Gasteiger partial charge in [-0.2, -0.15) is 5.10 Å². The maximum atomic E-state index is 13.7. The predicted molar refractivity (Wildman–Crippen MR) is 166 cm³/mol. The number of nitrogens with one attached hydrogen (secondary N) is 3. The van der Waals surface area contributed by atoms with Crippen LogP contribution in [0.4, 0.5) is 0 Å². The van der Waals surface area contributed by atoms with Gasteiger partial charge in [0.1, 0.15) is 17.9 Å². The van der Waals surface area contributed by atoms with Gasteiger partial charge in [-0.05, 0) is 47.2 Å². The molecule has 12 heteroatoms. The van der Waals surface area contributed by atoms with Crippen molar-refractivity contribution in [1.82, 2.24) is 41.0 Å². The molecule has 0 radical (unpaired) electrons. The standard InChI is InChI=1S/C33H40N8O4/c42-31(34-25-15-7-9-17-29(25)44-21-23-11-3-1-4-12-23)20-41-28(19-27(38-41)32-36-39-40-37-32)33(43)35-26-16-8-10-18-30(26)45-22-24-13-5-2-6-14-24/h1-6,11-14,19,25-26,29-30H,7-10,15-18,20-22H2,(H,34,42)(H,35,43)(H,36,37,39,40)/t25-,26+,29-,30+/m0/s1. The second-order valence-electron chi connectivity index (χ2n) is 11.8. The average molecular weight is 613 g/mol. The van der Waals surface area contributed by atoms with Crippen LogP contribution in [0.1, 0.15) is 73.0 Å². The fourth-order valence-corrected chi connectivity index (χ4v) is 6.21. The van der Waals surface area contributed by atoms with Crippen molar-refractivity contribution in [3.8, 4) is 11.5 Å². The summed E-state index contributed by atoms with van der Waals surface area (Å²) < 4.78 is 14.0. The lowest BCUT2D eigenvalue weighted by Gasteiger charge is -2.32. The molecule has 0 aliphatic heterocycles. The Morgan fingerprint density at radius 1 is 0.800 bits per heavy atom. The maximum Gasteiger partial charge on any atom is 0.269 e. The van der Waals surface area contributed by atoms with Crippen LogP contribution in [0.3, 0.4) is 0 Å². The van der Waals surface area contributed by atoms with Gasteiger partial charge in [0.25, 0.3) is 5.91 Å². The van der Waals surface area contributed by atoms with Crippen LogP contribution in [-0.2, 0) is 34.0 Å². The molecule has 236 valence electrons. The summed E-state index contributed by atoms with van der Waals surface area (Å²) in [5.41, 5.74) is 2.82. The Bertz CT molecular complexity index is 1510. The van der Waals surface area contributed by atoms with E-state index in [1.807, 2.05) is 60.7 Å². The molecule has 3 N–H and O–H groups in total. The molecule has 0 saturated heterocycles. The Labute approximate surface area is 262 Å². The third-order valence-electron chi connectivity index (χ3n) is 8.58. The van der Waals surface area contributed by atoms with Crippen LogP contribution in [0.15, 0.2) is 66.7 Å². The molecule has 2 amide bonds. The molecule has 0 bridgehead atoms. The molecule has 2 fully saturated rings. The highest BCUT2D eigenvalue weighted by molar-refractivity contribution is 5.94. The van der Waals surface area contributed by atoms with Crippen molar-refractivity contribution in [2.75, 3.05) is 0 Å². The van der Waals surface area contributed by atoms with Crippen LogP contribution in [-0.4, -0.2) is 66.5 Å². The van der Waals surface area contributed by atoms with Gasteiger partial charge in [0.2, 0.25) is 5.91 Å². The number of nitrogens with zero attached hydrogens (tertiary/aromatic N) is 5. The fraction of sp³-hybridized carbons (Fsp3) is 0.455. The highest BCUT2D eigenvalue weighted by Crippen LogP contribution is 2.25. The van der Waals surface area contributed by atoms with Crippen LogP contribution in [0.25, 0.3) is 11.5 Å². The van der Waals surface area contributed by atoms with Gasteiger partial charge in [-0.1, -0.05) is 86.3 Å². The SMILES string of the molecule is O=C(Cn1nc(-c2nnn[nH]2)cc1C(=O)N[C@@H]1CCCC[C@H]1OCc1ccccc1)N[C@H]1CCCC[C@@H]1OCc1ccccc1. The normalized spacial score (nSPS) is 21.7. The summed E-state index contributed by atoms with van der Waals surface area (Å²) in [5.74, 6) is -0.251. The fourth-order valence-electron chi connectivity index (χ4n) is 6.21. The number of benzene rings is 2. The molecule has 6 rings (SSSR count). The molecule has 4 atom stereocenters. The monoisotopic (exact) mass is 612 g/mol. The number of amides is 2. The molecule has 0 unspecified atom stereocenters. The minimum absolute atomic E-state index is 0.0850.